The fraction of sp³-hybridized carbons (Fsp3) is 0.400. The zero-order valence-corrected chi connectivity index (χ0v) is 15.7. The standard InChI is InChI=1S/C20H24N2O3S/c1-13-8-9-15-16(12-13)26-20(17(15)19(25)21-10-5-11-23)22-18(24)14-6-3-2-4-7-14/h2-4,6-7,13,23H,5,8-12H2,1H3,(H,21,25)(H,22,24)/t13-/m1/s1. The molecule has 0 saturated heterocycles. The van der Waals surface area contributed by atoms with E-state index in [1.807, 2.05) is 18.2 Å². The molecule has 0 aliphatic heterocycles. The summed E-state index contributed by atoms with van der Waals surface area (Å²) in [5, 5.41) is 15.3. The number of nitrogens with one attached hydrogen (secondary N) is 2. The average Bonchev–Trinajstić information content (AvgIpc) is 2.99. The van der Waals surface area contributed by atoms with Gasteiger partial charge in [-0.05, 0) is 49.3 Å². The van der Waals surface area contributed by atoms with Gasteiger partial charge < -0.3 is 15.7 Å². The molecule has 0 fully saturated rings. The Balaban J connectivity index is 1.88. The molecule has 0 saturated carbocycles. The van der Waals surface area contributed by atoms with Crippen LogP contribution in [-0.2, 0) is 12.8 Å². The molecule has 1 atom stereocenters. The van der Waals surface area contributed by atoms with E-state index in [1.165, 1.54) is 16.2 Å². The molecule has 5 nitrogen and oxygen atoms in total. The van der Waals surface area contributed by atoms with Crippen molar-refractivity contribution >= 4 is 28.2 Å². The van der Waals surface area contributed by atoms with Crippen LogP contribution in [0.5, 0.6) is 0 Å². The zero-order valence-electron chi connectivity index (χ0n) is 14.9. The van der Waals surface area contributed by atoms with E-state index in [0.717, 1.165) is 24.8 Å². The van der Waals surface area contributed by atoms with Crippen molar-refractivity contribution in [3.63, 3.8) is 0 Å². The smallest absolute Gasteiger partial charge is 0.256 e. The molecule has 138 valence electrons. The molecule has 6 heteroatoms. The van der Waals surface area contributed by atoms with Gasteiger partial charge in [-0.1, -0.05) is 25.1 Å². The molecule has 1 aliphatic rings. The number of hydrogen-bond donors (Lipinski definition) is 3. The van der Waals surface area contributed by atoms with Crippen LogP contribution in [0.15, 0.2) is 30.3 Å². The molecule has 3 N–H and O–H groups in total. The normalized spacial score (nSPS) is 16.0. The molecule has 3 rings (SSSR count). The largest absolute Gasteiger partial charge is 0.396 e. The third-order valence-corrected chi connectivity index (χ3v) is 5.79. The second-order valence-corrected chi connectivity index (χ2v) is 7.81. The van der Waals surface area contributed by atoms with Crippen LogP contribution in [-0.4, -0.2) is 30.1 Å². The average molecular weight is 372 g/mol. The third kappa shape index (κ3) is 4.14. The van der Waals surface area contributed by atoms with Gasteiger partial charge in [-0.25, -0.2) is 0 Å². The van der Waals surface area contributed by atoms with Gasteiger partial charge in [0.1, 0.15) is 5.00 Å². The number of hydrogen-bond acceptors (Lipinski definition) is 4. The summed E-state index contributed by atoms with van der Waals surface area (Å²) < 4.78 is 0. The van der Waals surface area contributed by atoms with Gasteiger partial charge in [0.2, 0.25) is 0 Å². The molecule has 2 amide bonds. The number of benzene rings is 1. The fourth-order valence-corrected chi connectivity index (χ4v) is 4.62. The molecule has 2 aromatic rings. The SMILES string of the molecule is C[C@@H]1CCc2c(sc(NC(=O)c3ccccc3)c2C(=O)NCCCO)C1. The maximum Gasteiger partial charge on any atom is 0.256 e. The van der Waals surface area contributed by atoms with E-state index in [1.54, 1.807) is 12.1 Å². The van der Waals surface area contributed by atoms with Crippen LogP contribution in [0.4, 0.5) is 5.00 Å². The summed E-state index contributed by atoms with van der Waals surface area (Å²) >= 11 is 1.51. The lowest BCUT2D eigenvalue weighted by Crippen LogP contribution is -2.27. The maximum atomic E-state index is 12.7. The summed E-state index contributed by atoms with van der Waals surface area (Å²) in [6, 6.07) is 9.01. The number of aliphatic hydroxyl groups is 1. The topological polar surface area (TPSA) is 78.4 Å². The lowest BCUT2D eigenvalue weighted by atomic mass is 9.88. The van der Waals surface area contributed by atoms with Crippen molar-refractivity contribution in [1.82, 2.24) is 5.32 Å². The van der Waals surface area contributed by atoms with Gasteiger partial charge in [0.05, 0.1) is 5.56 Å². The van der Waals surface area contributed by atoms with Gasteiger partial charge in [-0.15, -0.1) is 11.3 Å². The highest BCUT2D eigenvalue weighted by Crippen LogP contribution is 2.39. The predicted octanol–water partition coefficient (Wildman–Crippen LogP) is 3.24. The Kier molecular flexibility index (Phi) is 6.06. The van der Waals surface area contributed by atoms with E-state index < -0.39 is 0 Å². The molecule has 1 aliphatic carbocycles. The highest BCUT2D eigenvalue weighted by molar-refractivity contribution is 7.17. The van der Waals surface area contributed by atoms with Crippen LogP contribution in [0.2, 0.25) is 0 Å². The number of carbonyl (C=O) groups excluding carboxylic acids is 2. The van der Waals surface area contributed by atoms with E-state index in [2.05, 4.69) is 17.6 Å². The number of aliphatic hydroxyl groups excluding tert-OH is 1. The number of thiophene rings is 1. The molecule has 26 heavy (non-hydrogen) atoms. The first-order valence-corrected chi connectivity index (χ1v) is 9.81. The maximum absolute atomic E-state index is 12.7. The van der Waals surface area contributed by atoms with Gasteiger partial charge >= 0.3 is 0 Å². The van der Waals surface area contributed by atoms with Crippen molar-refractivity contribution in [2.75, 3.05) is 18.5 Å². The second-order valence-electron chi connectivity index (χ2n) is 6.71. The van der Waals surface area contributed by atoms with Crippen molar-refractivity contribution < 1.29 is 14.7 Å². The molecule has 1 aromatic carbocycles. The molecule has 1 heterocycles. The van der Waals surface area contributed by atoms with Crippen molar-refractivity contribution in [1.29, 1.82) is 0 Å². The highest BCUT2D eigenvalue weighted by atomic mass is 32.1. The molecule has 0 radical (unpaired) electrons. The molecular formula is C20H24N2O3S. The van der Waals surface area contributed by atoms with Gasteiger partial charge in [0.25, 0.3) is 11.8 Å². The van der Waals surface area contributed by atoms with Crippen LogP contribution in [0, 0.1) is 5.92 Å². The summed E-state index contributed by atoms with van der Waals surface area (Å²) in [6.45, 7) is 2.67. The Hall–Kier alpha value is -2.18. The van der Waals surface area contributed by atoms with Crippen LogP contribution in [0.25, 0.3) is 0 Å². The Morgan fingerprint density at radius 3 is 2.73 bits per heavy atom. The van der Waals surface area contributed by atoms with E-state index >= 15 is 0 Å². The predicted molar refractivity (Wildman–Crippen MR) is 104 cm³/mol. The van der Waals surface area contributed by atoms with Gasteiger partial charge in [0.15, 0.2) is 0 Å². The number of fused-ring (bicyclic) bond motifs is 1. The van der Waals surface area contributed by atoms with Crippen LogP contribution >= 0.6 is 11.3 Å². The summed E-state index contributed by atoms with van der Waals surface area (Å²) in [5.74, 6) is 0.208. The lowest BCUT2D eigenvalue weighted by molar-refractivity contribution is 0.0951. The van der Waals surface area contributed by atoms with Gasteiger partial charge in [-0.3, -0.25) is 9.59 Å². The molecule has 0 unspecified atom stereocenters. The Bertz CT molecular complexity index is 786. The number of carbonyl (C=O) groups is 2. The minimum Gasteiger partial charge on any atom is -0.396 e. The Morgan fingerprint density at radius 2 is 2.00 bits per heavy atom. The van der Waals surface area contributed by atoms with Gasteiger partial charge in [-0.2, -0.15) is 0 Å². The number of rotatable bonds is 6. The summed E-state index contributed by atoms with van der Waals surface area (Å²) in [6.07, 6.45) is 3.36. The van der Waals surface area contributed by atoms with Gasteiger partial charge in [0, 0.05) is 23.6 Å². The molecular weight excluding hydrogens is 348 g/mol. The first-order valence-electron chi connectivity index (χ1n) is 9.00. The Morgan fingerprint density at radius 1 is 1.23 bits per heavy atom. The van der Waals surface area contributed by atoms with Crippen LogP contribution in [0.3, 0.4) is 0 Å². The van der Waals surface area contributed by atoms with E-state index in [4.69, 9.17) is 5.11 Å². The first-order chi connectivity index (χ1) is 12.6. The number of anilines is 1. The quantitative estimate of drug-likeness (QED) is 0.681. The summed E-state index contributed by atoms with van der Waals surface area (Å²) in [5.41, 5.74) is 2.23. The molecule has 0 bridgehead atoms. The van der Waals surface area contributed by atoms with E-state index in [9.17, 15) is 9.59 Å². The third-order valence-electron chi connectivity index (χ3n) is 4.62. The first kappa shape index (κ1) is 18.6. The molecule has 1 aromatic heterocycles. The summed E-state index contributed by atoms with van der Waals surface area (Å²) in [4.78, 5) is 26.5. The van der Waals surface area contributed by atoms with Crippen molar-refractivity contribution in [2.45, 2.75) is 32.6 Å². The Labute approximate surface area is 157 Å². The van der Waals surface area contributed by atoms with Crippen molar-refractivity contribution in [3.05, 3.63) is 51.9 Å². The zero-order chi connectivity index (χ0) is 18.5. The molecule has 0 spiro atoms. The fourth-order valence-electron chi connectivity index (χ4n) is 3.21. The van der Waals surface area contributed by atoms with Crippen LogP contribution in [0.1, 0.15) is 50.9 Å². The highest BCUT2D eigenvalue weighted by Gasteiger charge is 2.28. The van der Waals surface area contributed by atoms with Crippen LogP contribution < -0.4 is 10.6 Å². The minimum atomic E-state index is -0.207. The van der Waals surface area contributed by atoms with Crippen molar-refractivity contribution in [3.8, 4) is 0 Å². The second kappa shape index (κ2) is 8.47. The van der Waals surface area contributed by atoms with E-state index in [-0.39, 0.29) is 18.4 Å². The monoisotopic (exact) mass is 372 g/mol. The summed E-state index contributed by atoms with van der Waals surface area (Å²) in [7, 11) is 0. The minimum absolute atomic E-state index is 0.0388. The number of amides is 2. The lowest BCUT2D eigenvalue weighted by Gasteiger charge is -2.18. The van der Waals surface area contributed by atoms with E-state index in [0.29, 0.717) is 35.0 Å². The van der Waals surface area contributed by atoms with Crippen molar-refractivity contribution in [2.24, 2.45) is 5.92 Å².